The van der Waals surface area contributed by atoms with Crippen LogP contribution in [-0.4, -0.2) is 16.3 Å². The first-order chi connectivity index (χ1) is 8.31. The first-order valence-corrected chi connectivity index (χ1v) is 11.2. The van der Waals surface area contributed by atoms with Gasteiger partial charge in [0.25, 0.3) is 0 Å². The molecule has 90 valence electrons. The van der Waals surface area contributed by atoms with E-state index in [9.17, 15) is 0 Å². The molecule has 0 N–H and O–H groups in total. The summed E-state index contributed by atoms with van der Waals surface area (Å²) in [6, 6.07) is 8.31. The molecule has 0 amide bonds. The van der Waals surface area contributed by atoms with Crippen LogP contribution in [0.4, 0.5) is 0 Å². The van der Waals surface area contributed by atoms with Crippen molar-refractivity contribution in [2.45, 2.75) is 22.8 Å². The standard InChI is InChI=1S/C11H11INOPS2/c12-15-14-11(5-6-11)7-16-10-13-8-3-1-2-4-9(8)17-10/h1-4,15H,5-7H2. The Labute approximate surface area is 123 Å². The zero-order valence-corrected chi connectivity index (χ0v) is 13.8. The fraction of sp³-hybridized carbons (Fsp3) is 0.364. The van der Waals surface area contributed by atoms with Crippen molar-refractivity contribution in [3.05, 3.63) is 24.3 Å². The molecule has 0 radical (unpaired) electrons. The Kier molecular flexibility index (Phi) is 3.92. The lowest BCUT2D eigenvalue weighted by Crippen LogP contribution is -2.11. The van der Waals surface area contributed by atoms with Gasteiger partial charge in [0.05, 0.1) is 22.3 Å². The first kappa shape index (κ1) is 12.6. The second kappa shape index (κ2) is 5.29. The van der Waals surface area contributed by atoms with Crippen molar-refractivity contribution < 1.29 is 4.52 Å². The Hall–Kier alpha value is 0.580. The molecule has 0 bridgehead atoms. The van der Waals surface area contributed by atoms with E-state index in [1.807, 2.05) is 17.8 Å². The maximum Gasteiger partial charge on any atom is 0.151 e. The zero-order valence-electron chi connectivity index (χ0n) is 8.98. The predicted molar refractivity (Wildman–Crippen MR) is 85.7 cm³/mol. The quantitative estimate of drug-likeness (QED) is 0.409. The van der Waals surface area contributed by atoms with Gasteiger partial charge in [0, 0.05) is 5.75 Å². The topological polar surface area (TPSA) is 22.1 Å². The van der Waals surface area contributed by atoms with Crippen LogP contribution in [0.1, 0.15) is 12.8 Å². The highest BCUT2D eigenvalue weighted by Crippen LogP contribution is 2.49. The predicted octanol–water partition coefficient (Wildman–Crippen LogP) is 4.88. The number of thioether (sulfide) groups is 1. The van der Waals surface area contributed by atoms with E-state index in [0.717, 1.165) is 15.6 Å². The third-order valence-electron chi connectivity index (χ3n) is 2.80. The van der Waals surface area contributed by atoms with Crippen LogP contribution in [0.2, 0.25) is 0 Å². The number of halogens is 1. The molecule has 0 saturated heterocycles. The number of thiazole rings is 1. The number of para-hydroxylation sites is 1. The Morgan fingerprint density at radius 1 is 1.47 bits per heavy atom. The van der Waals surface area contributed by atoms with Crippen LogP contribution in [0.3, 0.4) is 0 Å². The van der Waals surface area contributed by atoms with Crippen molar-refractivity contribution in [2.75, 3.05) is 5.75 Å². The minimum absolute atomic E-state index is 0.169. The summed E-state index contributed by atoms with van der Waals surface area (Å²) in [5, 5.41) is 0. The van der Waals surface area contributed by atoms with E-state index in [1.54, 1.807) is 11.3 Å². The highest BCUT2D eigenvalue weighted by atomic mass is 127. The van der Waals surface area contributed by atoms with Crippen LogP contribution in [-0.2, 0) is 4.52 Å². The molecular weight excluding hydrogens is 384 g/mol. The molecule has 1 aromatic heterocycles. The van der Waals surface area contributed by atoms with Crippen molar-refractivity contribution >= 4 is 61.8 Å². The van der Waals surface area contributed by atoms with E-state index in [4.69, 9.17) is 4.52 Å². The second-order valence-corrected chi connectivity index (χ2v) is 8.03. The largest absolute Gasteiger partial charge is 0.345 e. The van der Waals surface area contributed by atoms with E-state index < -0.39 is 0 Å². The van der Waals surface area contributed by atoms with Crippen LogP contribution in [0.25, 0.3) is 10.2 Å². The van der Waals surface area contributed by atoms with E-state index in [1.165, 1.54) is 17.5 Å². The Morgan fingerprint density at radius 3 is 3.00 bits per heavy atom. The molecule has 3 rings (SSSR count). The molecule has 2 nitrogen and oxygen atoms in total. The number of aromatic nitrogens is 1. The molecule has 2 aromatic rings. The first-order valence-electron chi connectivity index (χ1n) is 5.33. The normalized spacial score (nSPS) is 18.2. The summed E-state index contributed by atoms with van der Waals surface area (Å²) in [7, 11) is 0. The molecule has 1 aromatic carbocycles. The Bertz CT molecular complexity index is 496. The summed E-state index contributed by atoms with van der Waals surface area (Å²) in [4.78, 5) is 4.63. The van der Waals surface area contributed by atoms with Crippen molar-refractivity contribution in [1.29, 1.82) is 0 Å². The van der Waals surface area contributed by atoms with Crippen molar-refractivity contribution in [3.63, 3.8) is 0 Å². The molecule has 1 fully saturated rings. The van der Waals surface area contributed by atoms with Gasteiger partial charge in [-0.2, -0.15) is 0 Å². The van der Waals surface area contributed by atoms with Crippen LogP contribution in [0, 0.1) is 0 Å². The number of benzene rings is 1. The second-order valence-electron chi connectivity index (χ2n) is 4.10. The minimum atomic E-state index is 0.169. The van der Waals surface area contributed by atoms with Crippen molar-refractivity contribution in [3.8, 4) is 0 Å². The lowest BCUT2D eigenvalue weighted by Gasteiger charge is -2.11. The summed E-state index contributed by atoms with van der Waals surface area (Å²) in [6.07, 6.45) is 2.42. The highest BCUT2D eigenvalue weighted by molar-refractivity contribution is 14.2. The summed E-state index contributed by atoms with van der Waals surface area (Å²) < 4.78 is 8.25. The van der Waals surface area contributed by atoms with Gasteiger partial charge >= 0.3 is 0 Å². The van der Waals surface area contributed by atoms with Gasteiger partial charge in [-0.05, 0) is 47.0 Å². The number of fused-ring (bicyclic) bond motifs is 1. The number of nitrogens with zero attached hydrogens (tertiary/aromatic N) is 1. The average molecular weight is 395 g/mol. The summed E-state index contributed by atoms with van der Waals surface area (Å²) in [5.41, 5.74) is 1.28. The maximum absolute atomic E-state index is 5.81. The average Bonchev–Trinajstić information content (AvgIpc) is 2.98. The maximum atomic E-state index is 5.81. The summed E-state index contributed by atoms with van der Waals surface area (Å²) in [5.74, 6) is 1.04. The smallest absolute Gasteiger partial charge is 0.151 e. The van der Waals surface area contributed by atoms with Gasteiger partial charge in [0.15, 0.2) is 4.34 Å². The third-order valence-corrected chi connectivity index (χ3v) is 6.41. The molecule has 1 unspecified atom stereocenters. The number of rotatable bonds is 5. The molecular formula is C11H11INOPS2. The zero-order chi connectivity index (χ0) is 11.7. The molecule has 0 spiro atoms. The van der Waals surface area contributed by atoms with Crippen LogP contribution >= 0.6 is 51.6 Å². The van der Waals surface area contributed by atoms with Gasteiger partial charge in [-0.1, -0.05) is 23.9 Å². The van der Waals surface area contributed by atoms with E-state index in [-0.39, 0.29) is 5.60 Å². The van der Waals surface area contributed by atoms with E-state index in [0.29, 0.717) is 6.45 Å². The fourth-order valence-corrected chi connectivity index (χ4v) is 5.82. The molecule has 1 aliphatic rings. The van der Waals surface area contributed by atoms with Gasteiger partial charge < -0.3 is 4.52 Å². The van der Waals surface area contributed by atoms with Crippen molar-refractivity contribution in [1.82, 2.24) is 4.98 Å². The Balaban J connectivity index is 1.69. The van der Waals surface area contributed by atoms with E-state index >= 15 is 0 Å². The summed E-state index contributed by atoms with van der Waals surface area (Å²) >= 11 is 5.92. The van der Waals surface area contributed by atoms with Gasteiger partial charge in [-0.25, -0.2) is 4.98 Å². The molecule has 1 saturated carbocycles. The van der Waals surface area contributed by atoms with Gasteiger partial charge in [0.2, 0.25) is 0 Å². The Morgan fingerprint density at radius 2 is 2.29 bits per heavy atom. The monoisotopic (exact) mass is 395 g/mol. The minimum Gasteiger partial charge on any atom is -0.345 e. The van der Waals surface area contributed by atoms with Gasteiger partial charge in [0.1, 0.15) is 0 Å². The van der Waals surface area contributed by atoms with Gasteiger partial charge in [-0.3, -0.25) is 0 Å². The lowest BCUT2D eigenvalue weighted by molar-refractivity contribution is 0.245. The molecule has 0 aliphatic heterocycles. The SMILES string of the molecule is IPOC1(CSc2nc3ccccc3s2)CC1. The molecule has 17 heavy (non-hydrogen) atoms. The third kappa shape index (κ3) is 2.95. The summed E-state index contributed by atoms with van der Waals surface area (Å²) in [6.45, 7) is 0.569. The molecule has 6 heteroatoms. The van der Waals surface area contributed by atoms with Crippen LogP contribution < -0.4 is 0 Å². The lowest BCUT2D eigenvalue weighted by atomic mass is 10.3. The number of hydrogen-bond acceptors (Lipinski definition) is 4. The van der Waals surface area contributed by atoms with Crippen molar-refractivity contribution in [2.24, 2.45) is 0 Å². The molecule has 1 heterocycles. The number of hydrogen-bond donors (Lipinski definition) is 0. The van der Waals surface area contributed by atoms with Crippen LogP contribution in [0.15, 0.2) is 28.6 Å². The van der Waals surface area contributed by atoms with Gasteiger partial charge in [-0.15, -0.1) is 11.3 Å². The highest BCUT2D eigenvalue weighted by Gasteiger charge is 2.44. The molecule has 1 aliphatic carbocycles. The molecule has 1 atom stereocenters. The van der Waals surface area contributed by atoms with Crippen LogP contribution in [0.5, 0.6) is 0 Å². The fourth-order valence-electron chi connectivity index (χ4n) is 1.60. The van der Waals surface area contributed by atoms with E-state index in [2.05, 4.69) is 45.2 Å².